The van der Waals surface area contributed by atoms with Crippen LogP contribution in [0.25, 0.3) is 0 Å². The van der Waals surface area contributed by atoms with Gasteiger partial charge >= 0.3 is 0 Å². The van der Waals surface area contributed by atoms with Crippen LogP contribution in [-0.4, -0.2) is 50.2 Å². The average molecular weight is 487 g/mol. The minimum atomic E-state index is -3.87. The van der Waals surface area contributed by atoms with Crippen LogP contribution in [0.15, 0.2) is 12.1 Å². The summed E-state index contributed by atoms with van der Waals surface area (Å²) in [5.74, 6) is 1.81. The Labute approximate surface area is 192 Å². The molecule has 5 fully saturated rings. The summed E-state index contributed by atoms with van der Waals surface area (Å²) in [5.41, 5.74) is 0.176. The first-order valence-electron chi connectivity index (χ1n) is 11.3. The predicted molar refractivity (Wildman–Crippen MR) is 115 cm³/mol. The van der Waals surface area contributed by atoms with Gasteiger partial charge in [-0.25, -0.2) is 4.39 Å². The maximum absolute atomic E-state index is 14.7. The van der Waals surface area contributed by atoms with E-state index < -0.39 is 22.3 Å². The zero-order chi connectivity index (χ0) is 22.5. The lowest BCUT2D eigenvalue weighted by molar-refractivity contribution is -0.306. The van der Waals surface area contributed by atoms with Crippen LogP contribution in [0.4, 0.5) is 4.39 Å². The molecule has 1 aromatic carbocycles. The van der Waals surface area contributed by atoms with Gasteiger partial charge in [-0.05, 0) is 61.8 Å². The molecule has 5 unspecified atom stereocenters. The van der Waals surface area contributed by atoms with Gasteiger partial charge in [0.05, 0.1) is 17.2 Å². The van der Waals surface area contributed by atoms with Gasteiger partial charge in [-0.15, -0.1) is 0 Å². The number of benzene rings is 1. The van der Waals surface area contributed by atoms with Gasteiger partial charge in [0.1, 0.15) is 17.8 Å². The van der Waals surface area contributed by atoms with Crippen LogP contribution < -0.4 is 9.46 Å². The summed E-state index contributed by atoms with van der Waals surface area (Å²) >= 11 is 6.32. The molecule has 7 nitrogen and oxygen atoms in total. The lowest BCUT2D eigenvalue weighted by Crippen LogP contribution is -2.73. The summed E-state index contributed by atoms with van der Waals surface area (Å²) < 4.78 is 54.3. The normalized spacial score (nSPS) is 40.2. The van der Waals surface area contributed by atoms with Crippen molar-refractivity contribution in [1.29, 1.82) is 0 Å². The molecule has 176 valence electrons. The monoisotopic (exact) mass is 486 g/mol. The largest absolute Gasteiger partial charge is 0.492 e. The minimum Gasteiger partial charge on any atom is -0.492 e. The first-order chi connectivity index (χ1) is 15.2. The van der Waals surface area contributed by atoms with Gasteiger partial charge in [-0.1, -0.05) is 11.6 Å². The Balaban J connectivity index is 1.13. The maximum atomic E-state index is 14.7. The standard InChI is InChI=1S/C22H28ClFN2O5S/c1-30-21-8-12-9-22(21)13(10-21)5-16(22)15(12)11-31-19-7-18(24)14(6-17(19)23)20(27)25-32(28,29)26-3-2-4-26/h6-7,12-13,15-16,20,25,27H,2-5,8-11H2,1H3/t12?,13?,15-,16?,20?,21+,22?/m1/s1. The van der Waals surface area contributed by atoms with Gasteiger partial charge in [-0.3, -0.25) is 0 Å². The van der Waals surface area contributed by atoms with E-state index in [9.17, 15) is 17.9 Å². The van der Waals surface area contributed by atoms with Crippen LogP contribution in [-0.2, 0) is 14.9 Å². The number of nitrogens with one attached hydrogen (secondary N) is 1. The van der Waals surface area contributed by atoms with Gasteiger partial charge < -0.3 is 14.6 Å². The molecule has 0 amide bonds. The number of nitrogens with zero attached hydrogens (tertiary/aromatic N) is 1. The Morgan fingerprint density at radius 2 is 2.12 bits per heavy atom. The van der Waals surface area contributed by atoms with E-state index in [1.54, 1.807) is 0 Å². The second kappa shape index (κ2) is 7.02. The number of hydrogen-bond donors (Lipinski definition) is 2. The fourth-order valence-corrected chi connectivity index (χ4v) is 9.19. The number of aliphatic hydroxyl groups excluding tert-OH is 1. The first-order valence-corrected chi connectivity index (χ1v) is 13.1. The highest BCUT2D eigenvalue weighted by atomic mass is 35.5. The molecule has 4 saturated carbocycles. The van der Waals surface area contributed by atoms with E-state index in [0.717, 1.165) is 24.8 Å². The average Bonchev–Trinajstić information content (AvgIpc) is 3.13. The molecular weight excluding hydrogens is 459 g/mol. The fourth-order valence-electron chi connectivity index (χ4n) is 7.66. The van der Waals surface area contributed by atoms with Crippen molar-refractivity contribution in [3.05, 3.63) is 28.5 Å². The van der Waals surface area contributed by atoms with Crippen molar-refractivity contribution in [1.82, 2.24) is 9.03 Å². The number of fused-ring (bicyclic) bond motifs is 1. The predicted octanol–water partition coefficient (Wildman–Crippen LogP) is 2.84. The fraction of sp³-hybridized carbons (Fsp3) is 0.727. The Kier molecular flexibility index (Phi) is 4.73. The number of rotatable bonds is 8. The third-order valence-corrected chi connectivity index (χ3v) is 11.1. The zero-order valence-electron chi connectivity index (χ0n) is 17.9. The summed E-state index contributed by atoms with van der Waals surface area (Å²) in [6.45, 7) is 1.25. The third-order valence-electron chi connectivity index (χ3n) is 9.25. The second-order valence-corrected chi connectivity index (χ2v) is 12.3. The van der Waals surface area contributed by atoms with Crippen molar-refractivity contribution in [2.75, 3.05) is 26.8 Å². The molecule has 4 aliphatic carbocycles. The van der Waals surface area contributed by atoms with Gasteiger partial charge in [0.2, 0.25) is 0 Å². The minimum absolute atomic E-state index is 0.0761. The Hall–Kier alpha value is -0.970. The molecule has 5 aliphatic rings. The van der Waals surface area contributed by atoms with E-state index in [0.29, 0.717) is 42.9 Å². The Bertz CT molecular complexity index is 1070. The number of ether oxygens (including phenoxy) is 2. The highest BCUT2D eigenvalue weighted by Gasteiger charge is 2.83. The van der Waals surface area contributed by atoms with Gasteiger partial charge in [0.15, 0.2) is 0 Å². The van der Waals surface area contributed by atoms with E-state index in [1.165, 1.54) is 29.6 Å². The van der Waals surface area contributed by atoms with Crippen LogP contribution in [0.5, 0.6) is 5.75 Å². The topological polar surface area (TPSA) is 88.1 Å². The van der Waals surface area contributed by atoms with Crippen molar-refractivity contribution in [2.45, 2.75) is 43.9 Å². The molecule has 1 saturated heterocycles. The summed E-state index contributed by atoms with van der Waals surface area (Å²) in [6.07, 6.45) is 3.72. The molecule has 1 spiro atoms. The molecule has 0 radical (unpaired) electrons. The summed E-state index contributed by atoms with van der Waals surface area (Å²) in [7, 11) is -2.03. The Morgan fingerprint density at radius 3 is 2.78 bits per heavy atom. The lowest BCUT2D eigenvalue weighted by atomic mass is 9.35. The highest BCUT2D eigenvalue weighted by molar-refractivity contribution is 7.87. The quantitative estimate of drug-likeness (QED) is 0.552. The summed E-state index contributed by atoms with van der Waals surface area (Å²) in [6, 6.07) is 2.37. The van der Waals surface area contributed by atoms with Crippen molar-refractivity contribution in [3.63, 3.8) is 0 Å². The summed E-state index contributed by atoms with van der Waals surface area (Å²) in [5, 5.41) is 10.4. The summed E-state index contributed by atoms with van der Waals surface area (Å²) in [4.78, 5) is 0. The van der Waals surface area contributed by atoms with Crippen molar-refractivity contribution >= 4 is 21.8 Å². The van der Waals surface area contributed by atoms with Crippen LogP contribution in [0.2, 0.25) is 5.02 Å². The van der Waals surface area contributed by atoms with Gasteiger partial charge in [-0.2, -0.15) is 17.4 Å². The number of halogens is 2. The Morgan fingerprint density at radius 1 is 1.34 bits per heavy atom. The second-order valence-electron chi connectivity index (χ2n) is 10.2. The smallest absolute Gasteiger partial charge is 0.281 e. The molecule has 1 aliphatic heterocycles. The first kappa shape index (κ1) is 21.6. The molecule has 7 atom stereocenters. The molecule has 0 aromatic heterocycles. The molecule has 32 heavy (non-hydrogen) atoms. The molecule has 2 bridgehead atoms. The van der Waals surface area contributed by atoms with Crippen LogP contribution >= 0.6 is 11.6 Å². The van der Waals surface area contributed by atoms with E-state index in [1.807, 2.05) is 7.11 Å². The van der Waals surface area contributed by atoms with Gasteiger partial charge in [0.25, 0.3) is 10.2 Å². The van der Waals surface area contributed by atoms with Crippen LogP contribution in [0.3, 0.4) is 0 Å². The molecule has 10 heteroatoms. The lowest BCUT2D eigenvalue weighted by Gasteiger charge is -2.72. The van der Waals surface area contributed by atoms with Crippen molar-refractivity contribution in [2.24, 2.45) is 29.1 Å². The number of methoxy groups -OCH3 is 1. The van der Waals surface area contributed by atoms with Gasteiger partial charge in [0, 0.05) is 37.2 Å². The third kappa shape index (κ3) is 2.69. The zero-order valence-corrected chi connectivity index (χ0v) is 19.5. The van der Waals surface area contributed by atoms with Crippen molar-refractivity contribution < 1.29 is 27.4 Å². The number of hydrogen-bond acceptors (Lipinski definition) is 5. The van der Waals surface area contributed by atoms with E-state index in [-0.39, 0.29) is 21.9 Å². The van der Waals surface area contributed by atoms with E-state index in [4.69, 9.17) is 21.1 Å². The highest BCUT2D eigenvalue weighted by Crippen LogP contribution is 2.85. The molecule has 2 N–H and O–H groups in total. The van der Waals surface area contributed by atoms with Crippen LogP contribution in [0.1, 0.15) is 43.9 Å². The SMILES string of the molecule is CO[C@]12CC3CC14C(CC4[C@@H]3COc1cc(F)c(C(O)NS(=O)(=O)N3CCC3)cc1Cl)C2. The van der Waals surface area contributed by atoms with E-state index >= 15 is 0 Å². The van der Waals surface area contributed by atoms with E-state index in [2.05, 4.69) is 4.72 Å². The van der Waals surface area contributed by atoms with Crippen LogP contribution in [0, 0.1) is 34.9 Å². The maximum Gasteiger partial charge on any atom is 0.281 e. The molecular formula is C22H28ClFN2O5S. The molecule has 6 rings (SSSR count). The van der Waals surface area contributed by atoms with Crippen molar-refractivity contribution in [3.8, 4) is 5.75 Å². The molecule has 1 heterocycles. The number of aliphatic hydroxyl groups is 1. The molecule has 1 aromatic rings.